The van der Waals surface area contributed by atoms with Gasteiger partial charge in [0.25, 0.3) is 0 Å². The fourth-order valence-corrected chi connectivity index (χ4v) is 2.34. The average Bonchev–Trinajstić information content (AvgIpc) is 2.28. The van der Waals surface area contributed by atoms with Gasteiger partial charge in [0.15, 0.2) is 0 Å². The van der Waals surface area contributed by atoms with Gasteiger partial charge in [0.2, 0.25) is 0 Å². The standard InChI is InChI=1S/C13H17F2NO/c1-16-12-4-2-3-5-13(12)17-11-7-9(14)6-10(15)8-11/h6-8,12-13,16H,2-5H2,1H3. The molecule has 1 fully saturated rings. The average molecular weight is 241 g/mol. The van der Waals surface area contributed by atoms with Crippen molar-refractivity contribution in [3.05, 3.63) is 29.8 Å². The summed E-state index contributed by atoms with van der Waals surface area (Å²) in [5, 5.41) is 3.19. The molecule has 2 unspecified atom stereocenters. The Morgan fingerprint density at radius 2 is 1.76 bits per heavy atom. The van der Waals surface area contributed by atoms with Gasteiger partial charge in [-0.3, -0.25) is 0 Å². The summed E-state index contributed by atoms with van der Waals surface area (Å²) in [6, 6.07) is 3.56. The molecule has 0 radical (unpaired) electrons. The summed E-state index contributed by atoms with van der Waals surface area (Å²) in [5.74, 6) is -0.928. The summed E-state index contributed by atoms with van der Waals surface area (Å²) < 4.78 is 31.7. The fourth-order valence-electron chi connectivity index (χ4n) is 2.34. The van der Waals surface area contributed by atoms with Crippen molar-refractivity contribution in [3.63, 3.8) is 0 Å². The van der Waals surface area contributed by atoms with E-state index in [4.69, 9.17) is 4.74 Å². The van der Waals surface area contributed by atoms with E-state index in [0.717, 1.165) is 25.3 Å². The summed E-state index contributed by atoms with van der Waals surface area (Å²) in [4.78, 5) is 0. The van der Waals surface area contributed by atoms with Gasteiger partial charge in [0, 0.05) is 24.2 Å². The van der Waals surface area contributed by atoms with Gasteiger partial charge in [-0.15, -0.1) is 0 Å². The number of likely N-dealkylation sites (N-methyl/N-ethyl adjacent to an activating group) is 1. The van der Waals surface area contributed by atoms with Gasteiger partial charge in [0.1, 0.15) is 23.5 Å². The Morgan fingerprint density at radius 3 is 2.41 bits per heavy atom. The van der Waals surface area contributed by atoms with Crippen molar-refractivity contribution in [2.75, 3.05) is 7.05 Å². The quantitative estimate of drug-likeness (QED) is 0.878. The van der Waals surface area contributed by atoms with Gasteiger partial charge < -0.3 is 10.1 Å². The number of hydrogen-bond acceptors (Lipinski definition) is 2. The summed E-state index contributed by atoms with van der Waals surface area (Å²) >= 11 is 0. The molecule has 1 N–H and O–H groups in total. The van der Waals surface area contributed by atoms with Crippen molar-refractivity contribution in [2.24, 2.45) is 0 Å². The predicted octanol–water partition coefficient (Wildman–Crippen LogP) is 2.87. The zero-order chi connectivity index (χ0) is 12.3. The van der Waals surface area contributed by atoms with Crippen molar-refractivity contribution in [2.45, 2.75) is 37.8 Å². The third-order valence-corrected chi connectivity index (χ3v) is 3.20. The van der Waals surface area contributed by atoms with E-state index < -0.39 is 11.6 Å². The first-order valence-corrected chi connectivity index (χ1v) is 5.99. The van der Waals surface area contributed by atoms with Crippen LogP contribution in [-0.2, 0) is 0 Å². The van der Waals surface area contributed by atoms with Crippen LogP contribution in [0.15, 0.2) is 18.2 Å². The normalized spacial score (nSPS) is 24.6. The van der Waals surface area contributed by atoms with E-state index in [9.17, 15) is 8.78 Å². The Hall–Kier alpha value is -1.16. The van der Waals surface area contributed by atoms with Crippen LogP contribution in [0.2, 0.25) is 0 Å². The van der Waals surface area contributed by atoms with Crippen molar-refractivity contribution >= 4 is 0 Å². The van der Waals surface area contributed by atoms with Crippen LogP contribution < -0.4 is 10.1 Å². The van der Waals surface area contributed by atoms with Crippen molar-refractivity contribution in [1.29, 1.82) is 0 Å². The molecule has 4 heteroatoms. The first-order valence-electron chi connectivity index (χ1n) is 5.99. The highest BCUT2D eigenvalue weighted by Crippen LogP contribution is 2.24. The van der Waals surface area contributed by atoms with Crippen LogP contribution >= 0.6 is 0 Å². The molecule has 0 saturated heterocycles. The molecule has 0 bridgehead atoms. The topological polar surface area (TPSA) is 21.3 Å². The monoisotopic (exact) mass is 241 g/mol. The molecule has 2 nitrogen and oxygen atoms in total. The number of rotatable bonds is 3. The summed E-state index contributed by atoms with van der Waals surface area (Å²) in [7, 11) is 1.89. The van der Waals surface area contributed by atoms with Crippen molar-refractivity contribution in [1.82, 2.24) is 5.32 Å². The number of ether oxygens (including phenoxy) is 1. The molecule has 1 aromatic carbocycles. The number of hydrogen-bond donors (Lipinski definition) is 1. The lowest BCUT2D eigenvalue weighted by Crippen LogP contribution is -2.43. The maximum atomic E-state index is 13.0. The molecular weight excluding hydrogens is 224 g/mol. The second kappa shape index (κ2) is 5.45. The third-order valence-electron chi connectivity index (χ3n) is 3.20. The van der Waals surface area contributed by atoms with Crippen LogP contribution in [0.3, 0.4) is 0 Å². The highest BCUT2D eigenvalue weighted by molar-refractivity contribution is 5.24. The van der Waals surface area contributed by atoms with E-state index in [2.05, 4.69) is 5.32 Å². The highest BCUT2D eigenvalue weighted by atomic mass is 19.1. The van der Waals surface area contributed by atoms with E-state index in [1.807, 2.05) is 7.05 Å². The van der Waals surface area contributed by atoms with E-state index >= 15 is 0 Å². The molecule has 1 aromatic rings. The second-order valence-electron chi connectivity index (χ2n) is 4.44. The fraction of sp³-hybridized carbons (Fsp3) is 0.538. The predicted molar refractivity (Wildman–Crippen MR) is 62.1 cm³/mol. The van der Waals surface area contributed by atoms with Gasteiger partial charge >= 0.3 is 0 Å². The molecule has 1 aliphatic carbocycles. The molecule has 2 rings (SSSR count). The van der Waals surface area contributed by atoms with E-state index in [-0.39, 0.29) is 17.9 Å². The van der Waals surface area contributed by atoms with Crippen LogP contribution in [0.4, 0.5) is 8.78 Å². The molecule has 94 valence electrons. The Balaban J connectivity index is 2.08. The zero-order valence-corrected chi connectivity index (χ0v) is 9.88. The van der Waals surface area contributed by atoms with Gasteiger partial charge in [-0.25, -0.2) is 8.78 Å². The Labute approximate surface area is 100.0 Å². The molecule has 1 aliphatic rings. The molecular formula is C13H17F2NO. The first kappa shape index (κ1) is 12.3. The van der Waals surface area contributed by atoms with Gasteiger partial charge in [-0.2, -0.15) is 0 Å². The van der Waals surface area contributed by atoms with E-state index in [1.165, 1.54) is 18.6 Å². The number of nitrogens with one attached hydrogen (secondary N) is 1. The lowest BCUT2D eigenvalue weighted by atomic mass is 9.92. The molecule has 0 heterocycles. The minimum Gasteiger partial charge on any atom is -0.489 e. The number of halogens is 2. The van der Waals surface area contributed by atoms with Gasteiger partial charge in [-0.1, -0.05) is 6.42 Å². The lowest BCUT2D eigenvalue weighted by molar-refractivity contribution is 0.117. The maximum Gasteiger partial charge on any atom is 0.129 e. The van der Waals surface area contributed by atoms with Crippen LogP contribution in [0, 0.1) is 11.6 Å². The molecule has 2 atom stereocenters. The molecule has 0 aromatic heterocycles. The Kier molecular flexibility index (Phi) is 3.94. The van der Waals surface area contributed by atoms with Crippen molar-refractivity contribution in [3.8, 4) is 5.75 Å². The minimum absolute atomic E-state index is 0.00468. The third kappa shape index (κ3) is 3.16. The van der Waals surface area contributed by atoms with E-state index in [0.29, 0.717) is 0 Å². The second-order valence-corrected chi connectivity index (χ2v) is 4.44. The first-order chi connectivity index (χ1) is 8.19. The van der Waals surface area contributed by atoms with Crippen LogP contribution in [0.1, 0.15) is 25.7 Å². The molecule has 0 spiro atoms. The Bertz CT molecular complexity index is 363. The summed E-state index contributed by atoms with van der Waals surface area (Å²) in [5.41, 5.74) is 0. The number of benzene rings is 1. The van der Waals surface area contributed by atoms with Crippen LogP contribution in [0.25, 0.3) is 0 Å². The summed E-state index contributed by atoms with van der Waals surface area (Å²) in [6.07, 6.45) is 4.22. The van der Waals surface area contributed by atoms with Crippen molar-refractivity contribution < 1.29 is 13.5 Å². The zero-order valence-electron chi connectivity index (χ0n) is 9.88. The molecule has 0 aliphatic heterocycles. The minimum atomic E-state index is -0.600. The smallest absolute Gasteiger partial charge is 0.129 e. The summed E-state index contributed by atoms with van der Waals surface area (Å²) in [6.45, 7) is 0. The van der Waals surface area contributed by atoms with Crippen LogP contribution in [0.5, 0.6) is 5.75 Å². The van der Waals surface area contributed by atoms with Gasteiger partial charge in [-0.05, 0) is 26.3 Å². The largest absolute Gasteiger partial charge is 0.489 e. The lowest BCUT2D eigenvalue weighted by Gasteiger charge is -2.31. The van der Waals surface area contributed by atoms with E-state index in [1.54, 1.807) is 0 Å². The SMILES string of the molecule is CNC1CCCCC1Oc1cc(F)cc(F)c1. The maximum absolute atomic E-state index is 13.0. The van der Waals surface area contributed by atoms with Gasteiger partial charge in [0.05, 0.1) is 0 Å². The van der Waals surface area contributed by atoms with Crippen LogP contribution in [-0.4, -0.2) is 19.2 Å². The molecule has 17 heavy (non-hydrogen) atoms. The Morgan fingerprint density at radius 1 is 1.12 bits per heavy atom. The molecule has 1 saturated carbocycles. The molecule has 0 amide bonds. The highest BCUT2D eigenvalue weighted by Gasteiger charge is 2.25.